The summed E-state index contributed by atoms with van der Waals surface area (Å²) in [4.78, 5) is 13.3. The highest BCUT2D eigenvalue weighted by Crippen LogP contribution is 2.07. The molecule has 0 fully saturated rings. The van der Waals surface area contributed by atoms with Gasteiger partial charge in [-0.15, -0.1) is 0 Å². The molecule has 0 saturated heterocycles. The molecule has 1 atom stereocenters. The van der Waals surface area contributed by atoms with Crippen molar-refractivity contribution in [2.45, 2.75) is 32.7 Å². The van der Waals surface area contributed by atoms with Crippen molar-refractivity contribution in [1.82, 2.24) is 4.90 Å². The predicted molar refractivity (Wildman–Crippen MR) is 67.3 cm³/mol. The van der Waals surface area contributed by atoms with E-state index < -0.39 is 0 Å². The molecule has 0 saturated carbocycles. The van der Waals surface area contributed by atoms with Gasteiger partial charge in [0.15, 0.2) is 0 Å². The molecule has 0 aliphatic carbocycles. The van der Waals surface area contributed by atoms with Crippen molar-refractivity contribution in [3.8, 4) is 6.07 Å². The van der Waals surface area contributed by atoms with Crippen LogP contribution in [-0.4, -0.2) is 23.9 Å². The van der Waals surface area contributed by atoms with Crippen LogP contribution in [0.2, 0.25) is 0 Å². The number of hydrogen-bond donors (Lipinski definition) is 0. The summed E-state index contributed by atoms with van der Waals surface area (Å²) < 4.78 is 0. The SMILES string of the molecule is Cc1ccc(CCC(=O)N(C)C(C)C#N)cc1. The van der Waals surface area contributed by atoms with E-state index in [4.69, 9.17) is 5.26 Å². The van der Waals surface area contributed by atoms with Gasteiger partial charge in [0.1, 0.15) is 6.04 Å². The normalized spacial score (nSPS) is 11.6. The summed E-state index contributed by atoms with van der Waals surface area (Å²) in [6.45, 7) is 3.76. The zero-order valence-electron chi connectivity index (χ0n) is 10.6. The molecule has 1 amide bonds. The number of aryl methyl sites for hydroxylation is 2. The molecule has 17 heavy (non-hydrogen) atoms. The Kier molecular flexibility index (Phi) is 4.71. The van der Waals surface area contributed by atoms with Crippen molar-refractivity contribution in [3.63, 3.8) is 0 Å². The summed E-state index contributed by atoms with van der Waals surface area (Å²) >= 11 is 0. The van der Waals surface area contributed by atoms with Crippen LogP contribution in [0.5, 0.6) is 0 Å². The standard InChI is InChI=1S/C14H18N2O/c1-11-4-6-13(7-5-11)8-9-14(17)16(3)12(2)10-15/h4-7,12H,8-9H2,1-3H3. The number of carbonyl (C=O) groups excluding carboxylic acids is 1. The number of hydrogen-bond acceptors (Lipinski definition) is 2. The Balaban J connectivity index is 2.49. The average molecular weight is 230 g/mol. The fourth-order valence-electron chi connectivity index (χ4n) is 1.48. The van der Waals surface area contributed by atoms with Crippen LogP contribution in [0.1, 0.15) is 24.5 Å². The molecule has 1 rings (SSSR count). The van der Waals surface area contributed by atoms with Crippen molar-refractivity contribution in [2.24, 2.45) is 0 Å². The molecule has 1 aromatic rings. The van der Waals surface area contributed by atoms with Gasteiger partial charge in [0, 0.05) is 13.5 Å². The summed E-state index contributed by atoms with van der Waals surface area (Å²) in [5.74, 6) is 0.0135. The van der Waals surface area contributed by atoms with E-state index in [0.717, 1.165) is 12.0 Å². The molecule has 0 heterocycles. The molecule has 0 aliphatic heterocycles. The molecule has 0 aromatic heterocycles. The van der Waals surface area contributed by atoms with Crippen molar-refractivity contribution < 1.29 is 4.79 Å². The fraction of sp³-hybridized carbons (Fsp3) is 0.429. The first kappa shape index (κ1) is 13.2. The van der Waals surface area contributed by atoms with Crippen LogP contribution >= 0.6 is 0 Å². The molecule has 0 spiro atoms. The lowest BCUT2D eigenvalue weighted by Gasteiger charge is -2.19. The van der Waals surface area contributed by atoms with Gasteiger partial charge in [-0.25, -0.2) is 0 Å². The molecule has 90 valence electrons. The minimum atomic E-state index is -0.361. The van der Waals surface area contributed by atoms with Gasteiger partial charge >= 0.3 is 0 Å². The number of rotatable bonds is 4. The molecule has 0 bridgehead atoms. The van der Waals surface area contributed by atoms with Gasteiger partial charge in [-0.1, -0.05) is 29.8 Å². The highest BCUT2D eigenvalue weighted by molar-refractivity contribution is 5.76. The van der Waals surface area contributed by atoms with E-state index in [2.05, 4.69) is 6.07 Å². The van der Waals surface area contributed by atoms with Crippen LogP contribution in [0, 0.1) is 18.3 Å². The van der Waals surface area contributed by atoms with E-state index in [1.165, 1.54) is 10.5 Å². The van der Waals surface area contributed by atoms with Crippen LogP contribution in [0.3, 0.4) is 0 Å². The van der Waals surface area contributed by atoms with Gasteiger partial charge < -0.3 is 4.90 Å². The van der Waals surface area contributed by atoms with Crippen LogP contribution < -0.4 is 0 Å². The van der Waals surface area contributed by atoms with E-state index in [1.54, 1.807) is 14.0 Å². The van der Waals surface area contributed by atoms with Gasteiger partial charge in [-0.3, -0.25) is 4.79 Å². The molecule has 1 aromatic carbocycles. The number of nitriles is 1. The number of carbonyl (C=O) groups is 1. The Bertz CT molecular complexity index is 417. The Hall–Kier alpha value is -1.82. The first-order valence-electron chi connectivity index (χ1n) is 5.75. The first-order valence-corrected chi connectivity index (χ1v) is 5.75. The third kappa shape index (κ3) is 3.92. The molecule has 0 aliphatic rings. The van der Waals surface area contributed by atoms with Crippen LogP contribution in [0.4, 0.5) is 0 Å². The van der Waals surface area contributed by atoms with Crippen LogP contribution in [-0.2, 0) is 11.2 Å². The van der Waals surface area contributed by atoms with E-state index in [-0.39, 0.29) is 11.9 Å². The minimum absolute atomic E-state index is 0.0135. The molecular formula is C14H18N2O. The number of amides is 1. The van der Waals surface area contributed by atoms with Gasteiger partial charge in [-0.2, -0.15) is 5.26 Å². The Morgan fingerprint density at radius 1 is 1.41 bits per heavy atom. The zero-order valence-corrected chi connectivity index (χ0v) is 10.6. The van der Waals surface area contributed by atoms with E-state index in [9.17, 15) is 4.79 Å². The smallest absolute Gasteiger partial charge is 0.223 e. The highest BCUT2D eigenvalue weighted by atomic mass is 16.2. The predicted octanol–water partition coefficient (Wildman–Crippen LogP) is 2.30. The second-order valence-corrected chi connectivity index (χ2v) is 4.30. The van der Waals surface area contributed by atoms with E-state index in [0.29, 0.717) is 6.42 Å². The largest absolute Gasteiger partial charge is 0.330 e. The molecule has 3 nitrogen and oxygen atoms in total. The van der Waals surface area contributed by atoms with Crippen LogP contribution in [0.15, 0.2) is 24.3 Å². The Morgan fingerprint density at radius 3 is 2.53 bits per heavy atom. The molecule has 0 radical (unpaired) electrons. The van der Waals surface area contributed by atoms with Gasteiger partial charge in [0.2, 0.25) is 5.91 Å². The number of nitrogens with zero attached hydrogens (tertiary/aromatic N) is 2. The van der Waals surface area contributed by atoms with Gasteiger partial charge in [-0.05, 0) is 25.8 Å². The third-order valence-electron chi connectivity index (χ3n) is 2.91. The fourth-order valence-corrected chi connectivity index (χ4v) is 1.48. The lowest BCUT2D eigenvalue weighted by atomic mass is 10.1. The summed E-state index contributed by atoms with van der Waals surface area (Å²) in [6.07, 6.45) is 1.17. The van der Waals surface area contributed by atoms with Crippen molar-refractivity contribution in [1.29, 1.82) is 5.26 Å². The summed E-state index contributed by atoms with van der Waals surface area (Å²) in [7, 11) is 1.67. The maximum atomic E-state index is 11.8. The van der Waals surface area contributed by atoms with Crippen molar-refractivity contribution in [2.75, 3.05) is 7.05 Å². The summed E-state index contributed by atoms with van der Waals surface area (Å²) in [5, 5.41) is 8.73. The van der Waals surface area contributed by atoms with E-state index in [1.807, 2.05) is 31.2 Å². The maximum Gasteiger partial charge on any atom is 0.223 e. The maximum absolute atomic E-state index is 11.8. The summed E-state index contributed by atoms with van der Waals surface area (Å²) in [6, 6.07) is 9.86. The molecule has 0 N–H and O–H groups in total. The van der Waals surface area contributed by atoms with Gasteiger partial charge in [0.05, 0.1) is 6.07 Å². The first-order chi connectivity index (χ1) is 8.04. The average Bonchev–Trinajstić information content (AvgIpc) is 2.35. The Morgan fingerprint density at radius 2 is 2.00 bits per heavy atom. The van der Waals surface area contributed by atoms with Crippen molar-refractivity contribution >= 4 is 5.91 Å². The zero-order chi connectivity index (χ0) is 12.8. The highest BCUT2D eigenvalue weighted by Gasteiger charge is 2.14. The molecule has 3 heteroatoms. The summed E-state index contributed by atoms with van der Waals surface area (Å²) in [5.41, 5.74) is 2.37. The second-order valence-electron chi connectivity index (χ2n) is 4.30. The third-order valence-corrected chi connectivity index (χ3v) is 2.91. The lowest BCUT2D eigenvalue weighted by molar-refractivity contribution is -0.130. The minimum Gasteiger partial charge on any atom is -0.330 e. The second kappa shape index (κ2) is 6.05. The van der Waals surface area contributed by atoms with Crippen LogP contribution in [0.25, 0.3) is 0 Å². The van der Waals surface area contributed by atoms with Crippen molar-refractivity contribution in [3.05, 3.63) is 35.4 Å². The monoisotopic (exact) mass is 230 g/mol. The quantitative estimate of drug-likeness (QED) is 0.796. The van der Waals surface area contributed by atoms with E-state index >= 15 is 0 Å². The topological polar surface area (TPSA) is 44.1 Å². The molecular weight excluding hydrogens is 212 g/mol. The Labute approximate surface area is 103 Å². The molecule has 1 unspecified atom stereocenters. The lowest BCUT2D eigenvalue weighted by Crippen LogP contribution is -2.34. The number of benzene rings is 1. The van der Waals surface area contributed by atoms with Gasteiger partial charge in [0.25, 0.3) is 0 Å².